The fourth-order valence-electron chi connectivity index (χ4n) is 2.94. The van der Waals surface area contributed by atoms with Crippen molar-refractivity contribution in [1.82, 2.24) is 9.78 Å². The molecule has 0 aliphatic rings. The predicted molar refractivity (Wildman–Crippen MR) is 102 cm³/mol. The third kappa shape index (κ3) is 3.30. The number of nitrogens with one attached hydrogen (secondary N) is 1. The van der Waals surface area contributed by atoms with Crippen molar-refractivity contribution in [3.63, 3.8) is 0 Å². The first-order valence-corrected chi connectivity index (χ1v) is 9.61. The Morgan fingerprint density at radius 3 is 2.38 bits per heavy atom. The number of sulfonamides is 1. The van der Waals surface area contributed by atoms with Crippen LogP contribution in [0.15, 0.2) is 53.4 Å². The zero-order chi connectivity index (χ0) is 18.9. The van der Waals surface area contributed by atoms with E-state index in [-0.39, 0.29) is 4.90 Å². The maximum atomic E-state index is 13.0. The molecular weight excluding hydrogens is 350 g/mol. The summed E-state index contributed by atoms with van der Waals surface area (Å²) >= 11 is 0. The number of aromatic nitrogens is 2. The molecular formula is C19H21N3O3S. The highest BCUT2D eigenvalue weighted by Gasteiger charge is 2.26. The van der Waals surface area contributed by atoms with Crippen molar-refractivity contribution in [1.29, 1.82) is 0 Å². The summed E-state index contributed by atoms with van der Waals surface area (Å²) in [5.41, 5.74) is 3.12. The van der Waals surface area contributed by atoms with Gasteiger partial charge in [0.2, 0.25) is 0 Å². The molecule has 1 N–H and O–H groups in total. The van der Waals surface area contributed by atoms with Crippen LogP contribution in [-0.2, 0) is 10.0 Å². The summed E-state index contributed by atoms with van der Waals surface area (Å²) < 4.78 is 35.6. The van der Waals surface area contributed by atoms with Gasteiger partial charge < -0.3 is 4.74 Å². The molecule has 7 heteroatoms. The largest absolute Gasteiger partial charge is 0.495 e. The number of methoxy groups -OCH3 is 1. The van der Waals surface area contributed by atoms with Gasteiger partial charge in [-0.25, -0.2) is 13.1 Å². The van der Waals surface area contributed by atoms with Crippen LogP contribution in [0.1, 0.15) is 17.0 Å². The van der Waals surface area contributed by atoms with Crippen molar-refractivity contribution >= 4 is 15.7 Å². The zero-order valence-electron chi connectivity index (χ0n) is 15.1. The van der Waals surface area contributed by atoms with E-state index in [1.165, 1.54) is 7.11 Å². The molecule has 3 rings (SSSR count). The first-order chi connectivity index (χ1) is 12.3. The second-order valence-electron chi connectivity index (χ2n) is 6.06. The second-order valence-corrected chi connectivity index (χ2v) is 7.68. The Hall–Kier alpha value is -2.80. The van der Waals surface area contributed by atoms with Crippen molar-refractivity contribution in [2.75, 3.05) is 11.8 Å². The molecule has 136 valence electrons. The molecule has 0 atom stereocenters. The van der Waals surface area contributed by atoms with Crippen LogP contribution in [0, 0.1) is 20.8 Å². The number of hydrogen-bond donors (Lipinski definition) is 1. The summed E-state index contributed by atoms with van der Waals surface area (Å²) in [6, 6.07) is 14.8. The van der Waals surface area contributed by atoms with Gasteiger partial charge in [0.25, 0.3) is 10.0 Å². The number of rotatable bonds is 5. The van der Waals surface area contributed by atoms with Gasteiger partial charge in [-0.1, -0.05) is 24.3 Å². The fraction of sp³-hybridized carbons (Fsp3) is 0.211. The van der Waals surface area contributed by atoms with Crippen LogP contribution < -0.4 is 9.46 Å². The van der Waals surface area contributed by atoms with Gasteiger partial charge in [-0.05, 0) is 50.6 Å². The van der Waals surface area contributed by atoms with Crippen LogP contribution in [0.5, 0.6) is 5.75 Å². The summed E-state index contributed by atoms with van der Waals surface area (Å²) in [6.45, 7) is 5.32. The maximum Gasteiger partial charge on any atom is 0.265 e. The van der Waals surface area contributed by atoms with Crippen LogP contribution in [-0.4, -0.2) is 25.3 Å². The van der Waals surface area contributed by atoms with Gasteiger partial charge in [0.05, 0.1) is 29.9 Å². The molecule has 0 fully saturated rings. The standard InChI is InChI=1S/C19H21N3O3S/c1-13-10-11-18(25-4)17(12-13)21-26(23,24)19-14(2)20-22(15(19)3)16-8-6-5-7-9-16/h5-12,21H,1-4H3. The molecule has 2 aromatic carbocycles. The van der Waals surface area contributed by atoms with Gasteiger partial charge in [0, 0.05) is 0 Å². The minimum Gasteiger partial charge on any atom is -0.495 e. The molecule has 0 aliphatic carbocycles. The van der Waals surface area contributed by atoms with E-state index in [2.05, 4.69) is 9.82 Å². The van der Waals surface area contributed by atoms with Crippen LogP contribution in [0.2, 0.25) is 0 Å². The van der Waals surface area contributed by atoms with E-state index < -0.39 is 10.0 Å². The lowest BCUT2D eigenvalue weighted by Crippen LogP contribution is -2.15. The second kappa shape index (κ2) is 6.84. The van der Waals surface area contributed by atoms with Crippen molar-refractivity contribution in [3.8, 4) is 11.4 Å². The van der Waals surface area contributed by atoms with E-state index in [4.69, 9.17) is 4.74 Å². The van der Waals surface area contributed by atoms with Crippen LogP contribution in [0.3, 0.4) is 0 Å². The number of aryl methyl sites for hydroxylation is 2. The Balaban J connectivity index is 2.06. The van der Waals surface area contributed by atoms with Crippen molar-refractivity contribution < 1.29 is 13.2 Å². The molecule has 0 aliphatic heterocycles. The Labute approximate surface area is 153 Å². The van der Waals surface area contributed by atoms with Gasteiger partial charge in [-0.3, -0.25) is 4.72 Å². The normalized spacial score (nSPS) is 11.4. The minimum absolute atomic E-state index is 0.171. The lowest BCUT2D eigenvalue weighted by Gasteiger charge is -2.13. The number of nitrogens with zero attached hydrogens (tertiary/aromatic N) is 2. The lowest BCUT2D eigenvalue weighted by atomic mass is 10.2. The van der Waals surface area contributed by atoms with Crippen LogP contribution >= 0.6 is 0 Å². The first kappa shape index (κ1) is 18.0. The quantitative estimate of drug-likeness (QED) is 0.744. The Bertz CT molecular complexity index is 1040. The zero-order valence-corrected chi connectivity index (χ0v) is 16.0. The van der Waals surface area contributed by atoms with Crippen molar-refractivity contribution in [3.05, 3.63) is 65.5 Å². The predicted octanol–water partition coefficient (Wildman–Crippen LogP) is 3.61. The number of benzene rings is 2. The Morgan fingerprint density at radius 2 is 1.73 bits per heavy atom. The topological polar surface area (TPSA) is 73.2 Å². The smallest absolute Gasteiger partial charge is 0.265 e. The molecule has 26 heavy (non-hydrogen) atoms. The molecule has 3 aromatic rings. The van der Waals surface area contributed by atoms with E-state index in [1.54, 1.807) is 30.7 Å². The molecule has 0 saturated carbocycles. The van der Waals surface area contributed by atoms with Crippen LogP contribution in [0.25, 0.3) is 5.69 Å². The van der Waals surface area contributed by atoms with Gasteiger partial charge >= 0.3 is 0 Å². The highest BCUT2D eigenvalue weighted by Crippen LogP contribution is 2.30. The lowest BCUT2D eigenvalue weighted by molar-refractivity contribution is 0.417. The van der Waals surface area contributed by atoms with E-state index >= 15 is 0 Å². The number of ether oxygens (including phenoxy) is 1. The summed E-state index contributed by atoms with van der Waals surface area (Å²) in [5, 5.41) is 4.41. The third-order valence-electron chi connectivity index (χ3n) is 4.09. The molecule has 1 heterocycles. The highest BCUT2D eigenvalue weighted by atomic mass is 32.2. The summed E-state index contributed by atoms with van der Waals surface area (Å²) in [7, 11) is -2.32. The van der Waals surface area contributed by atoms with Crippen molar-refractivity contribution in [2.24, 2.45) is 0 Å². The number of anilines is 1. The molecule has 0 saturated heterocycles. The first-order valence-electron chi connectivity index (χ1n) is 8.12. The van der Waals surface area contributed by atoms with E-state index in [9.17, 15) is 8.42 Å². The molecule has 1 aromatic heterocycles. The molecule has 0 bridgehead atoms. The third-order valence-corrected chi connectivity index (χ3v) is 5.71. The SMILES string of the molecule is COc1ccc(C)cc1NS(=O)(=O)c1c(C)nn(-c2ccccc2)c1C. The molecule has 6 nitrogen and oxygen atoms in total. The minimum atomic E-state index is -3.82. The van der Waals surface area contributed by atoms with Gasteiger partial charge in [-0.2, -0.15) is 5.10 Å². The van der Waals surface area contributed by atoms with Gasteiger partial charge in [0.1, 0.15) is 10.6 Å². The Morgan fingerprint density at radius 1 is 1.04 bits per heavy atom. The number of para-hydroxylation sites is 1. The van der Waals surface area contributed by atoms with E-state index in [1.807, 2.05) is 43.3 Å². The monoisotopic (exact) mass is 371 g/mol. The maximum absolute atomic E-state index is 13.0. The Kier molecular flexibility index (Phi) is 4.73. The van der Waals surface area contributed by atoms with Crippen molar-refractivity contribution in [2.45, 2.75) is 25.7 Å². The molecule has 0 spiro atoms. The molecule has 0 unspecified atom stereocenters. The van der Waals surface area contributed by atoms with Gasteiger partial charge in [-0.15, -0.1) is 0 Å². The fourth-order valence-corrected chi connectivity index (χ4v) is 4.39. The van der Waals surface area contributed by atoms with Gasteiger partial charge in [0.15, 0.2) is 0 Å². The summed E-state index contributed by atoms with van der Waals surface area (Å²) in [5.74, 6) is 0.463. The van der Waals surface area contributed by atoms with E-state index in [0.717, 1.165) is 11.3 Å². The highest BCUT2D eigenvalue weighted by molar-refractivity contribution is 7.92. The summed E-state index contributed by atoms with van der Waals surface area (Å²) in [6.07, 6.45) is 0. The van der Waals surface area contributed by atoms with Crippen LogP contribution in [0.4, 0.5) is 5.69 Å². The average molecular weight is 371 g/mol. The average Bonchev–Trinajstić information content (AvgIpc) is 2.90. The molecule has 0 amide bonds. The number of hydrogen-bond acceptors (Lipinski definition) is 4. The summed E-state index contributed by atoms with van der Waals surface area (Å²) in [4.78, 5) is 0.171. The molecule has 0 radical (unpaired) electrons. The van der Waals surface area contributed by atoms with E-state index in [0.29, 0.717) is 22.8 Å².